The van der Waals surface area contributed by atoms with E-state index in [9.17, 15) is 4.79 Å². The van der Waals surface area contributed by atoms with Gasteiger partial charge in [-0.1, -0.05) is 12.1 Å². The van der Waals surface area contributed by atoms with Gasteiger partial charge in [-0.2, -0.15) is 0 Å². The smallest absolute Gasteiger partial charge is 0.315 e. The number of carbonyl (C=O) groups excluding carboxylic acids is 1. The first-order chi connectivity index (χ1) is 8.24. The number of phenols is 1. The Morgan fingerprint density at radius 2 is 2.18 bits per heavy atom. The second-order valence-corrected chi connectivity index (χ2v) is 4.18. The van der Waals surface area contributed by atoms with Gasteiger partial charge in [0.25, 0.3) is 0 Å². The molecule has 1 fully saturated rings. The standard InChI is InChI=1S/C12H17N3O2/c16-11-3-1-9(2-4-11)7-14-12(17)15-10-5-6-13-8-10/h1-4,10,13,16H,5-8H2,(H2,14,15,17). The first-order valence-electron chi connectivity index (χ1n) is 5.77. The summed E-state index contributed by atoms with van der Waals surface area (Å²) < 4.78 is 0. The van der Waals surface area contributed by atoms with Crippen molar-refractivity contribution in [1.82, 2.24) is 16.0 Å². The number of benzene rings is 1. The van der Waals surface area contributed by atoms with Crippen LogP contribution in [0.5, 0.6) is 5.75 Å². The van der Waals surface area contributed by atoms with E-state index in [1.807, 2.05) is 0 Å². The van der Waals surface area contributed by atoms with Crippen LogP contribution < -0.4 is 16.0 Å². The third-order valence-electron chi connectivity index (χ3n) is 2.78. The minimum absolute atomic E-state index is 0.147. The largest absolute Gasteiger partial charge is 0.508 e. The van der Waals surface area contributed by atoms with Crippen molar-refractivity contribution in [2.45, 2.75) is 19.0 Å². The molecule has 1 aromatic rings. The van der Waals surface area contributed by atoms with E-state index in [1.165, 1.54) is 0 Å². The summed E-state index contributed by atoms with van der Waals surface area (Å²) >= 11 is 0. The quantitative estimate of drug-likeness (QED) is 0.618. The third-order valence-corrected chi connectivity index (χ3v) is 2.78. The van der Waals surface area contributed by atoms with Gasteiger partial charge in [0.05, 0.1) is 0 Å². The van der Waals surface area contributed by atoms with E-state index in [0.29, 0.717) is 6.54 Å². The minimum atomic E-state index is -0.147. The van der Waals surface area contributed by atoms with Crippen LogP contribution in [0.15, 0.2) is 24.3 Å². The van der Waals surface area contributed by atoms with Gasteiger partial charge in [-0.3, -0.25) is 0 Å². The van der Waals surface area contributed by atoms with Gasteiger partial charge in [0.2, 0.25) is 0 Å². The lowest BCUT2D eigenvalue weighted by Gasteiger charge is -2.12. The molecule has 1 aliphatic heterocycles. The van der Waals surface area contributed by atoms with Gasteiger partial charge in [-0.05, 0) is 30.7 Å². The fourth-order valence-electron chi connectivity index (χ4n) is 1.81. The lowest BCUT2D eigenvalue weighted by atomic mass is 10.2. The Morgan fingerprint density at radius 1 is 1.41 bits per heavy atom. The SMILES string of the molecule is O=C(NCc1ccc(O)cc1)NC1CCNC1. The Kier molecular flexibility index (Phi) is 3.82. The molecule has 0 aromatic heterocycles. The molecule has 5 heteroatoms. The molecule has 2 rings (SSSR count). The Bertz CT molecular complexity index is 372. The predicted molar refractivity (Wildman–Crippen MR) is 64.8 cm³/mol. The number of amides is 2. The van der Waals surface area contributed by atoms with Gasteiger partial charge >= 0.3 is 6.03 Å². The summed E-state index contributed by atoms with van der Waals surface area (Å²) in [6, 6.07) is 6.87. The molecule has 1 saturated heterocycles. The number of hydrogen-bond donors (Lipinski definition) is 4. The molecular weight excluding hydrogens is 218 g/mol. The van der Waals surface area contributed by atoms with Crippen molar-refractivity contribution in [3.8, 4) is 5.75 Å². The highest BCUT2D eigenvalue weighted by Crippen LogP contribution is 2.09. The molecule has 1 unspecified atom stereocenters. The van der Waals surface area contributed by atoms with Crippen LogP contribution in [-0.2, 0) is 6.54 Å². The average molecular weight is 235 g/mol. The van der Waals surface area contributed by atoms with Gasteiger partial charge in [-0.15, -0.1) is 0 Å². The molecule has 5 nitrogen and oxygen atoms in total. The molecule has 1 aromatic carbocycles. The van der Waals surface area contributed by atoms with Crippen molar-refractivity contribution < 1.29 is 9.90 Å². The van der Waals surface area contributed by atoms with E-state index in [-0.39, 0.29) is 17.8 Å². The molecule has 17 heavy (non-hydrogen) atoms. The van der Waals surface area contributed by atoms with E-state index in [2.05, 4.69) is 16.0 Å². The summed E-state index contributed by atoms with van der Waals surface area (Å²) in [7, 11) is 0. The third kappa shape index (κ3) is 3.64. The fraction of sp³-hybridized carbons (Fsp3) is 0.417. The first kappa shape index (κ1) is 11.7. The molecule has 92 valence electrons. The summed E-state index contributed by atoms with van der Waals surface area (Å²) in [5, 5.41) is 18.0. The maximum absolute atomic E-state index is 11.5. The highest BCUT2D eigenvalue weighted by molar-refractivity contribution is 5.74. The fourth-order valence-corrected chi connectivity index (χ4v) is 1.81. The lowest BCUT2D eigenvalue weighted by Crippen LogP contribution is -2.42. The number of aromatic hydroxyl groups is 1. The maximum Gasteiger partial charge on any atom is 0.315 e. The van der Waals surface area contributed by atoms with Gasteiger partial charge < -0.3 is 21.1 Å². The summed E-state index contributed by atoms with van der Waals surface area (Å²) in [5.41, 5.74) is 0.961. The number of urea groups is 1. The zero-order valence-corrected chi connectivity index (χ0v) is 9.57. The average Bonchev–Trinajstić information content (AvgIpc) is 2.81. The number of hydrogen-bond acceptors (Lipinski definition) is 3. The van der Waals surface area contributed by atoms with E-state index < -0.39 is 0 Å². The highest BCUT2D eigenvalue weighted by atomic mass is 16.3. The minimum Gasteiger partial charge on any atom is -0.508 e. The second-order valence-electron chi connectivity index (χ2n) is 4.18. The molecule has 0 spiro atoms. The van der Waals surface area contributed by atoms with Gasteiger partial charge in [0, 0.05) is 19.1 Å². The summed E-state index contributed by atoms with van der Waals surface area (Å²) in [6.07, 6.45) is 0.979. The topological polar surface area (TPSA) is 73.4 Å². The number of rotatable bonds is 3. The van der Waals surface area contributed by atoms with Crippen molar-refractivity contribution in [2.24, 2.45) is 0 Å². The van der Waals surface area contributed by atoms with E-state index in [1.54, 1.807) is 24.3 Å². The number of carbonyl (C=O) groups is 1. The highest BCUT2D eigenvalue weighted by Gasteiger charge is 2.15. The zero-order chi connectivity index (χ0) is 12.1. The van der Waals surface area contributed by atoms with E-state index >= 15 is 0 Å². The lowest BCUT2D eigenvalue weighted by molar-refractivity contribution is 0.237. The van der Waals surface area contributed by atoms with E-state index in [4.69, 9.17) is 5.11 Å². The Balaban J connectivity index is 1.73. The monoisotopic (exact) mass is 235 g/mol. The normalized spacial score (nSPS) is 18.9. The van der Waals surface area contributed by atoms with Crippen molar-refractivity contribution in [1.29, 1.82) is 0 Å². The Labute approximate surface area is 100 Å². The van der Waals surface area contributed by atoms with Gasteiger partial charge in [0.15, 0.2) is 0 Å². The summed E-state index contributed by atoms with van der Waals surface area (Å²) in [6.45, 7) is 2.27. The molecule has 0 aliphatic carbocycles. The summed E-state index contributed by atoms with van der Waals surface area (Å²) in [4.78, 5) is 11.5. The Morgan fingerprint density at radius 3 is 2.82 bits per heavy atom. The van der Waals surface area contributed by atoms with Crippen LogP contribution in [-0.4, -0.2) is 30.3 Å². The van der Waals surface area contributed by atoms with Gasteiger partial charge in [0.1, 0.15) is 5.75 Å². The molecule has 0 radical (unpaired) electrons. The zero-order valence-electron chi connectivity index (χ0n) is 9.57. The van der Waals surface area contributed by atoms with Crippen LogP contribution >= 0.6 is 0 Å². The van der Waals surface area contributed by atoms with Crippen molar-refractivity contribution in [3.63, 3.8) is 0 Å². The molecule has 4 N–H and O–H groups in total. The van der Waals surface area contributed by atoms with Crippen LogP contribution in [0, 0.1) is 0 Å². The molecule has 0 saturated carbocycles. The van der Waals surface area contributed by atoms with Crippen molar-refractivity contribution in [2.75, 3.05) is 13.1 Å². The van der Waals surface area contributed by atoms with Crippen molar-refractivity contribution in [3.05, 3.63) is 29.8 Å². The molecular formula is C12H17N3O2. The molecule has 1 heterocycles. The second kappa shape index (κ2) is 5.54. The van der Waals surface area contributed by atoms with Crippen LogP contribution in [0.3, 0.4) is 0 Å². The molecule has 2 amide bonds. The predicted octanol–water partition coefficient (Wildman–Crippen LogP) is 0.553. The number of nitrogens with one attached hydrogen (secondary N) is 3. The number of phenolic OH excluding ortho intramolecular Hbond substituents is 1. The van der Waals surface area contributed by atoms with Crippen molar-refractivity contribution >= 4 is 6.03 Å². The van der Waals surface area contributed by atoms with Gasteiger partial charge in [-0.25, -0.2) is 4.79 Å². The first-order valence-corrected chi connectivity index (χ1v) is 5.77. The molecule has 0 bridgehead atoms. The van der Waals surface area contributed by atoms with E-state index in [0.717, 1.165) is 25.1 Å². The maximum atomic E-state index is 11.5. The molecule has 1 atom stereocenters. The molecule has 1 aliphatic rings. The van der Waals surface area contributed by atoms with Crippen LogP contribution in [0.4, 0.5) is 4.79 Å². The van der Waals surface area contributed by atoms with Crippen LogP contribution in [0.2, 0.25) is 0 Å². The van der Waals surface area contributed by atoms with Crippen LogP contribution in [0.1, 0.15) is 12.0 Å². The van der Waals surface area contributed by atoms with Crippen LogP contribution in [0.25, 0.3) is 0 Å². The Hall–Kier alpha value is -1.75. The summed E-state index contributed by atoms with van der Waals surface area (Å²) in [5.74, 6) is 0.232.